The van der Waals surface area contributed by atoms with E-state index in [1.54, 1.807) is 0 Å². The Morgan fingerprint density at radius 1 is 1.10 bits per heavy atom. The van der Waals surface area contributed by atoms with Crippen LogP contribution in [-0.2, 0) is 6.54 Å². The Morgan fingerprint density at radius 3 is 2.57 bits per heavy atom. The first-order valence-electron chi connectivity index (χ1n) is 7.83. The van der Waals surface area contributed by atoms with Crippen LogP contribution in [0.15, 0.2) is 54.6 Å². The Hall–Kier alpha value is -1.80. The summed E-state index contributed by atoms with van der Waals surface area (Å²) in [4.78, 5) is 2.53. The predicted molar refractivity (Wildman–Crippen MR) is 89.8 cm³/mol. The molecule has 2 unspecified atom stereocenters. The van der Waals surface area contributed by atoms with Gasteiger partial charge in [-0.3, -0.25) is 0 Å². The van der Waals surface area contributed by atoms with Gasteiger partial charge in [-0.25, -0.2) is 0 Å². The summed E-state index contributed by atoms with van der Waals surface area (Å²) >= 11 is 0. The number of hydrogen-bond donors (Lipinski definition) is 1. The third-order valence-corrected chi connectivity index (χ3v) is 4.51. The summed E-state index contributed by atoms with van der Waals surface area (Å²) < 4.78 is 0. The third-order valence-electron chi connectivity index (χ3n) is 4.51. The maximum atomic E-state index is 3.37. The topological polar surface area (TPSA) is 15.3 Å². The van der Waals surface area contributed by atoms with Gasteiger partial charge in [0.1, 0.15) is 0 Å². The molecule has 0 radical (unpaired) electrons. The molecule has 0 spiro atoms. The average Bonchev–Trinajstić information content (AvgIpc) is 2.86. The highest BCUT2D eigenvalue weighted by Crippen LogP contribution is 2.39. The van der Waals surface area contributed by atoms with E-state index >= 15 is 0 Å². The van der Waals surface area contributed by atoms with E-state index in [1.165, 1.54) is 23.2 Å². The highest BCUT2D eigenvalue weighted by molar-refractivity contribution is 5.60. The first-order valence-corrected chi connectivity index (χ1v) is 7.83. The van der Waals surface area contributed by atoms with E-state index in [4.69, 9.17) is 0 Å². The number of para-hydroxylation sites is 1. The van der Waals surface area contributed by atoms with Crippen molar-refractivity contribution in [3.8, 4) is 0 Å². The molecule has 0 fully saturated rings. The van der Waals surface area contributed by atoms with Crippen molar-refractivity contribution in [1.82, 2.24) is 5.32 Å². The number of benzene rings is 2. The van der Waals surface area contributed by atoms with Crippen molar-refractivity contribution in [1.29, 1.82) is 0 Å². The molecule has 21 heavy (non-hydrogen) atoms. The molecular formula is C19H24N2. The summed E-state index contributed by atoms with van der Waals surface area (Å²) in [6.07, 6.45) is 1.19. The highest BCUT2D eigenvalue weighted by atomic mass is 15.2. The molecule has 110 valence electrons. The molecule has 2 atom stereocenters. The van der Waals surface area contributed by atoms with Crippen LogP contribution in [0.25, 0.3) is 0 Å². The van der Waals surface area contributed by atoms with Crippen LogP contribution in [-0.4, -0.2) is 19.6 Å². The van der Waals surface area contributed by atoms with Crippen LogP contribution >= 0.6 is 0 Å². The Labute approximate surface area is 127 Å². The molecule has 1 N–H and O–H groups in total. The number of fused-ring (bicyclic) bond motifs is 1. The monoisotopic (exact) mass is 280 g/mol. The van der Waals surface area contributed by atoms with Crippen LogP contribution in [0, 0.1) is 0 Å². The SMILES string of the molecule is CNC(C)CC1CN(Cc2ccccc2)c2ccccc21. The first-order chi connectivity index (χ1) is 10.3. The molecular weight excluding hydrogens is 256 g/mol. The summed E-state index contributed by atoms with van der Waals surface area (Å²) in [5, 5.41) is 3.37. The standard InChI is InChI=1S/C19H24N2/c1-15(20-2)12-17-14-21(13-16-8-4-3-5-9-16)19-11-7-6-10-18(17)19/h3-11,15,17,20H,12-14H2,1-2H3. The number of anilines is 1. The van der Waals surface area contributed by atoms with Gasteiger partial charge in [0.15, 0.2) is 0 Å². The Morgan fingerprint density at radius 2 is 1.81 bits per heavy atom. The lowest BCUT2D eigenvalue weighted by Gasteiger charge is -2.21. The van der Waals surface area contributed by atoms with Crippen molar-refractivity contribution >= 4 is 5.69 Å². The third kappa shape index (κ3) is 3.11. The lowest BCUT2D eigenvalue weighted by atomic mass is 9.95. The van der Waals surface area contributed by atoms with E-state index in [0.29, 0.717) is 12.0 Å². The van der Waals surface area contributed by atoms with Gasteiger partial charge in [-0.15, -0.1) is 0 Å². The molecule has 3 rings (SSSR count). The van der Waals surface area contributed by atoms with Gasteiger partial charge in [0.2, 0.25) is 0 Å². The molecule has 0 saturated heterocycles. The lowest BCUT2D eigenvalue weighted by molar-refractivity contribution is 0.505. The van der Waals surface area contributed by atoms with Crippen molar-refractivity contribution in [2.24, 2.45) is 0 Å². The van der Waals surface area contributed by atoms with Gasteiger partial charge in [0, 0.05) is 30.7 Å². The quantitative estimate of drug-likeness (QED) is 0.896. The molecule has 2 heteroatoms. The fraction of sp³-hybridized carbons (Fsp3) is 0.368. The van der Waals surface area contributed by atoms with Crippen LogP contribution in [0.1, 0.15) is 30.4 Å². The molecule has 0 aromatic heterocycles. The minimum atomic E-state index is 0.555. The summed E-state index contributed by atoms with van der Waals surface area (Å²) in [6.45, 7) is 4.39. The van der Waals surface area contributed by atoms with E-state index in [1.807, 2.05) is 7.05 Å². The van der Waals surface area contributed by atoms with Gasteiger partial charge < -0.3 is 10.2 Å². The van der Waals surface area contributed by atoms with E-state index < -0.39 is 0 Å². The smallest absolute Gasteiger partial charge is 0.0429 e. The number of rotatable bonds is 5. The molecule has 1 aliphatic rings. The fourth-order valence-corrected chi connectivity index (χ4v) is 3.28. The van der Waals surface area contributed by atoms with E-state index in [9.17, 15) is 0 Å². The Bertz CT molecular complexity index is 579. The van der Waals surface area contributed by atoms with Crippen LogP contribution in [0.3, 0.4) is 0 Å². The first kappa shape index (κ1) is 14.2. The average molecular weight is 280 g/mol. The summed E-state index contributed by atoms with van der Waals surface area (Å²) in [5.74, 6) is 0.632. The van der Waals surface area contributed by atoms with Crippen LogP contribution in [0.2, 0.25) is 0 Å². The second kappa shape index (κ2) is 6.31. The summed E-state index contributed by atoms with van der Waals surface area (Å²) in [6, 6.07) is 20.2. The van der Waals surface area contributed by atoms with E-state index in [-0.39, 0.29) is 0 Å². The molecule has 0 amide bonds. The normalized spacial score (nSPS) is 18.6. The van der Waals surface area contributed by atoms with Gasteiger partial charge >= 0.3 is 0 Å². The molecule has 1 aliphatic heterocycles. The zero-order valence-electron chi connectivity index (χ0n) is 12.9. The van der Waals surface area contributed by atoms with Crippen LogP contribution < -0.4 is 10.2 Å². The Kier molecular flexibility index (Phi) is 4.26. The molecule has 0 saturated carbocycles. The molecule has 0 bridgehead atoms. The maximum Gasteiger partial charge on any atom is 0.0429 e. The molecule has 2 aromatic carbocycles. The minimum Gasteiger partial charge on any atom is -0.366 e. The Balaban J connectivity index is 1.80. The van der Waals surface area contributed by atoms with Crippen molar-refractivity contribution in [3.05, 3.63) is 65.7 Å². The molecule has 0 aliphatic carbocycles. The van der Waals surface area contributed by atoms with Crippen molar-refractivity contribution in [2.75, 3.05) is 18.5 Å². The highest BCUT2D eigenvalue weighted by Gasteiger charge is 2.28. The van der Waals surface area contributed by atoms with Gasteiger partial charge in [0.25, 0.3) is 0 Å². The van der Waals surface area contributed by atoms with Crippen LogP contribution in [0.5, 0.6) is 0 Å². The van der Waals surface area contributed by atoms with Gasteiger partial charge in [0.05, 0.1) is 0 Å². The number of nitrogens with zero attached hydrogens (tertiary/aromatic N) is 1. The van der Waals surface area contributed by atoms with Gasteiger partial charge in [-0.1, -0.05) is 48.5 Å². The van der Waals surface area contributed by atoms with Gasteiger partial charge in [-0.2, -0.15) is 0 Å². The zero-order chi connectivity index (χ0) is 14.7. The zero-order valence-corrected chi connectivity index (χ0v) is 12.9. The van der Waals surface area contributed by atoms with Crippen LogP contribution in [0.4, 0.5) is 5.69 Å². The van der Waals surface area contributed by atoms with E-state index in [0.717, 1.165) is 13.1 Å². The predicted octanol–water partition coefficient (Wildman–Crippen LogP) is 3.79. The van der Waals surface area contributed by atoms with Crippen molar-refractivity contribution in [3.63, 3.8) is 0 Å². The van der Waals surface area contributed by atoms with Crippen molar-refractivity contribution < 1.29 is 0 Å². The van der Waals surface area contributed by atoms with E-state index in [2.05, 4.69) is 71.7 Å². The van der Waals surface area contributed by atoms with Crippen molar-refractivity contribution in [2.45, 2.75) is 31.8 Å². The molecule has 2 aromatic rings. The number of hydrogen-bond acceptors (Lipinski definition) is 2. The fourth-order valence-electron chi connectivity index (χ4n) is 3.28. The molecule has 2 nitrogen and oxygen atoms in total. The second-order valence-electron chi connectivity index (χ2n) is 6.05. The molecule has 1 heterocycles. The maximum absolute atomic E-state index is 3.37. The summed E-state index contributed by atoms with van der Waals surface area (Å²) in [5.41, 5.74) is 4.31. The lowest BCUT2D eigenvalue weighted by Crippen LogP contribution is -2.26. The number of nitrogens with one attached hydrogen (secondary N) is 1. The second-order valence-corrected chi connectivity index (χ2v) is 6.05. The minimum absolute atomic E-state index is 0.555. The summed E-state index contributed by atoms with van der Waals surface area (Å²) in [7, 11) is 2.05. The largest absolute Gasteiger partial charge is 0.366 e. The van der Waals surface area contributed by atoms with Gasteiger partial charge in [-0.05, 0) is 37.6 Å².